The third-order valence-corrected chi connectivity index (χ3v) is 3.63. The summed E-state index contributed by atoms with van der Waals surface area (Å²) in [7, 11) is 0. The van der Waals surface area contributed by atoms with Gasteiger partial charge in [-0.3, -0.25) is 0 Å². The first-order valence-corrected chi connectivity index (χ1v) is 7.60. The summed E-state index contributed by atoms with van der Waals surface area (Å²) in [6, 6.07) is 0.399. The minimum atomic E-state index is -0.159. The summed E-state index contributed by atoms with van der Waals surface area (Å²) in [6.45, 7) is 9.91. The van der Waals surface area contributed by atoms with Crippen LogP contribution in [-0.4, -0.2) is 49.7 Å². The zero-order valence-corrected chi connectivity index (χ0v) is 12.8. The van der Waals surface area contributed by atoms with Gasteiger partial charge in [0.05, 0.1) is 19.8 Å². The molecule has 1 aliphatic rings. The number of aliphatic hydroxyl groups excluding tert-OH is 1. The molecule has 0 radical (unpaired) electrons. The lowest BCUT2D eigenvalue weighted by Crippen LogP contribution is -2.49. The second-order valence-corrected chi connectivity index (χ2v) is 6.28. The van der Waals surface area contributed by atoms with Crippen LogP contribution in [0.1, 0.15) is 46.5 Å². The summed E-state index contributed by atoms with van der Waals surface area (Å²) in [5.41, 5.74) is -0.159. The van der Waals surface area contributed by atoms with E-state index in [0.717, 1.165) is 52.1 Å². The number of rotatable bonds is 10. The van der Waals surface area contributed by atoms with Gasteiger partial charge in [-0.2, -0.15) is 0 Å². The van der Waals surface area contributed by atoms with Gasteiger partial charge in [0, 0.05) is 30.7 Å². The Morgan fingerprint density at radius 2 is 2.21 bits per heavy atom. The van der Waals surface area contributed by atoms with Crippen LogP contribution < -0.4 is 5.32 Å². The predicted molar refractivity (Wildman–Crippen MR) is 77.4 cm³/mol. The normalized spacial score (nSPS) is 22.9. The Kier molecular flexibility index (Phi) is 7.91. The van der Waals surface area contributed by atoms with E-state index in [1.165, 1.54) is 0 Å². The Balaban J connectivity index is 2.01. The van der Waals surface area contributed by atoms with E-state index < -0.39 is 0 Å². The van der Waals surface area contributed by atoms with Crippen molar-refractivity contribution < 1.29 is 14.6 Å². The molecule has 0 spiro atoms. The minimum absolute atomic E-state index is 0.159. The molecule has 0 aliphatic carbocycles. The highest BCUT2D eigenvalue weighted by Gasteiger charge is 2.23. The molecule has 19 heavy (non-hydrogen) atoms. The number of aliphatic hydroxyl groups is 1. The van der Waals surface area contributed by atoms with E-state index in [2.05, 4.69) is 26.1 Å². The van der Waals surface area contributed by atoms with Gasteiger partial charge >= 0.3 is 0 Å². The Morgan fingerprint density at radius 3 is 2.79 bits per heavy atom. The van der Waals surface area contributed by atoms with Gasteiger partial charge in [-0.1, -0.05) is 13.8 Å². The lowest BCUT2D eigenvalue weighted by molar-refractivity contribution is 0.0840. The molecule has 0 saturated carbocycles. The summed E-state index contributed by atoms with van der Waals surface area (Å²) in [5, 5.41) is 12.9. The second-order valence-electron chi connectivity index (χ2n) is 6.28. The molecule has 0 aromatic heterocycles. The summed E-state index contributed by atoms with van der Waals surface area (Å²) in [6.07, 6.45) is 4.26. The van der Waals surface area contributed by atoms with E-state index in [-0.39, 0.29) is 12.1 Å². The van der Waals surface area contributed by atoms with Crippen LogP contribution in [0.5, 0.6) is 0 Å². The first-order valence-electron chi connectivity index (χ1n) is 7.60. The van der Waals surface area contributed by atoms with Crippen molar-refractivity contribution >= 4 is 0 Å². The second kappa shape index (κ2) is 8.90. The summed E-state index contributed by atoms with van der Waals surface area (Å²) < 4.78 is 11.0. The van der Waals surface area contributed by atoms with Gasteiger partial charge in [0.1, 0.15) is 0 Å². The molecule has 0 aromatic carbocycles. The molecule has 0 amide bonds. The van der Waals surface area contributed by atoms with Crippen molar-refractivity contribution in [3.63, 3.8) is 0 Å². The van der Waals surface area contributed by atoms with Crippen LogP contribution in [0.25, 0.3) is 0 Å². The standard InChI is InChI=1S/C15H31NO3/c1-13(2)16-15(3,12-17)7-4-5-8-18-10-14-6-9-19-11-14/h13-14,16-17H,4-12H2,1-3H3. The number of unbranched alkanes of at least 4 members (excludes halogenated alkanes) is 1. The molecule has 2 unspecified atom stereocenters. The maximum absolute atomic E-state index is 9.47. The minimum Gasteiger partial charge on any atom is -0.394 e. The van der Waals surface area contributed by atoms with Gasteiger partial charge in [-0.15, -0.1) is 0 Å². The van der Waals surface area contributed by atoms with Crippen LogP contribution in [-0.2, 0) is 9.47 Å². The van der Waals surface area contributed by atoms with Gasteiger partial charge < -0.3 is 19.9 Å². The molecule has 2 N–H and O–H groups in total. The summed E-state index contributed by atoms with van der Waals surface area (Å²) in [5.74, 6) is 0.602. The van der Waals surface area contributed by atoms with Crippen molar-refractivity contribution in [2.75, 3.05) is 33.0 Å². The highest BCUT2D eigenvalue weighted by atomic mass is 16.5. The fourth-order valence-corrected chi connectivity index (χ4v) is 2.58. The Bertz CT molecular complexity index is 229. The molecule has 1 fully saturated rings. The highest BCUT2D eigenvalue weighted by Crippen LogP contribution is 2.15. The molecule has 114 valence electrons. The van der Waals surface area contributed by atoms with Crippen molar-refractivity contribution in [1.29, 1.82) is 0 Å². The van der Waals surface area contributed by atoms with Gasteiger partial charge in [0.15, 0.2) is 0 Å². The molecule has 1 heterocycles. The van der Waals surface area contributed by atoms with Crippen LogP contribution in [0.4, 0.5) is 0 Å². The quantitative estimate of drug-likeness (QED) is 0.597. The Labute approximate surface area is 117 Å². The van der Waals surface area contributed by atoms with Crippen LogP contribution >= 0.6 is 0 Å². The van der Waals surface area contributed by atoms with Gasteiger partial charge in [-0.25, -0.2) is 0 Å². The van der Waals surface area contributed by atoms with Crippen molar-refractivity contribution in [2.24, 2.45) is 5.92 Å². The SMILES string of the molecule is CC(C)NC(C)(CO)CCCCOCC1CCOC1. The molecular formula is C15H31NO3. The van der Waals surface area contributed by atoms with E-state index in [9.17, 15) is 5.11 Å². The lowest BCUT2D eigenvalue weighted by atomic mass is 9.95. The molecule has 1 rings (SSSR count). The van der Waals surface area contributed by atoms with Crippen LogP contribution in [0, 0.1) is 5.92 Å². The third-order valence-electron chi connectivity index (χ3n) is 3.63. The third kappa shape index (κ3) is 7.25. The maximum atomic E-state index is 9.47. The zero-order chi connectivity index (χ0) is 14.1. The lowest BCUT2D eigenvalue weighted by Gasteiger charge is -2.31. The number of nitrogens with one attached hydrogen (secondary N) is 1. The maximum Gasteiger partial charge on any atom is 0.0610 e. The number of hydrogen-bond donors (Lipinski definition) is 2. The monoisotopic (exact) mass is 273 g/mol. The van der Waals surface area contributed by atoms with Crippen molar-refractivity contribution in [3.8, 4) is 0 Å². The first kappa shape index (κ1) is 16.9. The Hall–Kier alpha value is -0.160. The van der Waals surface area contributed by atoms with Crippen molar-refractivity contribution in [3.05, 3.63) is 0 Å². The summed E-state index contributed by atoms with van der Waals surface area (Å²) in [4.78, 5) is 0. The molecule has 1 aliphatic heterocycles. The Morgan fingerprint density at radius 1 is 1.42 bits per heavy atom. The smallest absolute Gasteiger partial charge is 0.0610 e. The largest absolute Gasteiger partial charge is 0.394 e. The van der Waals surface area contributed by atoms with Crippen molar-refractivity contribution in [1.82, 2.24) is 5.32 Å². The molecule has 1 saturated heterocycles. The van der Waals surface area contributed by atoms with Crippen molar-refractivity contribution in [2.45, 2.75) is 58.0 Å². The fraction of sp³-hybridized carbons (Fsp3) is 1.00. The van der Waals surface area contributed by atoms with Gasteiger partial charge in [-0.05, 0) is 32.6 Å². The number of ether oxygens (including phenoxy) is 2. The molecule has 0 aromatic rings. The predicted octanol–water partition coefficient (Wildman–Crippen LogP) is 1.96. The zero-order valence-electron chi connectivity index (χ0n) is 12.8. The molecule has 0 bridgehead atoms. The average Bonchev–Trinajstić information content (AvgIpc) is 2.86. The van der Waals surface area contributed by atoms with E-state index in [0.29, 0.717) is 12.0 Å². The average molecular weight is 273 g/mol. The van der Waals surface area contributed by atoms with E-state index in [1.807, 2.05) is 0 Å². The van der Waals surface area contributed by atoms with E-state index in [1.54, 1.807) is 0 Å². The van der Waals surface area contributed by atoms with Gasteiger partial charge in [0.2, 0.25) is 0 Å². The number of hydrogen-bond acceptors (Lipinski definition) is 4. The van der Waals surface area contributed by atoms with Crippen LogP contribution in [0.2, 0.25) is 0 Å². The molecule has 2 atom stereocenters. The first-order chi connectivity index (χ1) is 9.06. The van der Waals surface area contributed by atoms with E-state index in [4.69, 9.17) is 9.47 Å². The van der Waals surface area contributed by atoms with Crippen LogP contribution in [0.3, 0.4) is 0 Å². The fourth-order valence-electron chi connectivity index (χ4n) is 2.58. The van der Waals surface area contributed by atoms with E-state index >= 15 is 0 Å². The molecule has 4 nitrogen and oxygen atoms in total. The molecular weight excluding hydrogens is 242 g/mol. The van der Waals surface area contributed by atoms with Gasteiger partial charge in [0.25, 0.3) is 0 Å². The molecule has 4 heteroatoms. The highest BCUT2D eigenvalue weighted by molar-refractivity contribution is 4.83. The van der Waals surface area contributed by atoms with Crippen LogP contribution in [0.15, 0.2) is 0 Å². The summed E-state index contributed by atoms with van der Waals surface area (Å²) >= 11 is 0. The topological polar surface area (TPSA) is 50.7 Å².